The molecule has 1 unspecified atom stereocenters. The van der Waals surface area contributed by atoms with Crippen molar-refractivity contribution in [2.45, 2.75) is 52.5 Å². The average Bonchev–Trinajstić information content (AvgIpc) is 2.90. The number of hydrogen-bond donors (Lipinski definition) is 1. The molecule has 0 saturated carbocycles. The van der Waals surface area contributed by atoms with Gasteiger partial charge in [0.15, 0.2) is 0 Å². The van der Waals surface area contributed by atoms with Crippen LogP contribution in [-0.2, 0) is 4.79 Å². The van der Waals surface area contributed by atoms with Crippen LogP contribution in [0.2, 0.25) is 0 Å². The molecule has 0 aliphatic carbocycles. The van der Waals surface area contributed by atoms with Crippen molar-refractivity contribution in [3.63, 3.8) is 0 Å². The first-order valence-electron chi connectivity index (χ1n) is 8.09. The van der Waals surface area contributed by atoms with Gasteiger partial charge in [0.05, 0.1) is 0 Å². The van der Waals surface area contributed by atoms with E-state index in [0.29, 0.717) is 6.04 Å². The third kappa shape index (κ3) is 3.59. The fourth-order valence-electron chi connectivity index (χ4n) is 2.98. The lowest BCUT2D eigenvalue weighted by molar-refractivity contribution is -0.131. The smallest absolute Gasteiger partial charge is 0.328 e. The summed E-state index contributed by atoms with van der Waals surface area (Å²) in [7, 11) is 0. The molecule has 22 heavy (non-hydrogen) atoms. The Morgan fingerprint density at radius 2 is 2.09 bits per heavy atom. The van der Waals surface area contributed by atoms with Crippen molar-refractivity contribution in [1.82, 2.24) is 4.57 Å². The Balaban J connectivity index is 2.35. The van der Waals surface area contributed by atoms with Crippen molar-refractivity contribution < 1.29 is 9.90 Å². The molecule has 0 amide bonds. The molecule has 0 saturated heterocycles. The van der Waals surface area contributed by atoms with Gasteiger partial charge in [-0.3, -0.25) is 0 Å². The lowest BCUT2D eigenvalue weighted by Gasteiger charge is -2.18. The summed E-state index contributed by atoms with van der Waals surface area (Å²) in [5.41, 5.74) is 2.98. The van der Waals surface area contributed by atoms with E-state index in [-0.39, 0.29) is 0 Å². The van der Waals surface area contributed by atoms with Crippen molar-refractivity contribution in [3.8, 4) is 0 Å². The minimum absolute atomic E-state index is 0.541. The zero-order chi connectivity index (χ0) is 16.1. The van der Waals surface area contributed by atoms with Gasteiger partial charge in [-0.05, 0) is 49.1 Å². The van der Waals surface area contributed by atoms with Gasteiger partial charge in [-0.15, -0.1) is 0 Å². The zero-order valence-corrected chi connectivity index (χ0v) is 13.7. The lowest BCUT2D eigenvalue weighted by Crippen LogP contribution is -2.06. The van der Waals surface area contributed by atoms with Gasteiger partial charge in [0, 0.05) is 29.2 Å². The number of hydrogen-bond acceptors (Lipinski definition) is 1. The Bertz CT molecular complexity index is 682. The van der Waals surface area contributed by atoms with Crippen molar-refractivity contribution >= 4 is 22.4 Å². The second-order valence-corrected chi connectivity index (χ2v) is 5.87. The number of unbranched alkanes of at least 4 members (excludes halogenated alkanes) is 1. The molecule has 0 fully saturated rings. The Kier molecular flexibility index (Phi) is 5.42. The average molecular weight is 299 g/mol. The fraction of sp³-hybridized carbons (Fsp3) is 0.421. The van der Waals surface area contributed by atoms with Gasteiger partial charge in [0.2, 0.25) is 0 Å². The maximum absolute atomic E-state index is 10.8. The summed E-state index contributed by atoms with van der Waals surface area (Å²) in [6.45, 7) is 6.30. The quantitative estimate of drug-likeness (QED) is 0.708. The monoisotopic (exact) mass is 299 g/mol. The van der Waals surface area contributed by atoms with E-state index < -0.39 is 5.97 Å². The van der Waals surface area contributed by atoms with Gasteiger partial charge in [-0.25, -0.2) is 4.79 Å². The van der Waals surface area contributed by atoms with Crippen LogP contribution in [0.25, 0.3) is 16.5 Å². The Hall–Kier alpha value is -2.03. The summed E-state index contributed by atoms with van der Waals surface area (Å²) in [4.78, 5) is 10.8. The Morgan fingerprint density at radius 1 is 1.32 bits per heavy atom. The predicted octanol–water partition coefficient (Wildman–Crippen LogP) is 5.27. The van der Waals surface area contributed by atoms with E-state index in [1.165, 1.54) is 36.2 Å². The molecule has 0 aliphatic heterocycles. The van der Waals surface area contributed by atoms with Crippen molar-refractivity contribution in [1.29, 1.82) is 0 Å². The fourth-order valence-corrected chi connectivity index (χ4v) is 2.98. The third-order valence-corrected chi connectivity index (χ3v) is 4.27. The highest BCUT2D eigenvalue weighted by molar-refractivity contribution is 5.91. The standard InChI is InChI=1S/C19H25NO2/c1-4-6-7-17(5-2)20-11-10-16-13-15(8-9-18(16)20)14(3)12-19(21)22/h8-13,17H,4-7H2,1-3H3,(H,21,22)/b14-12+. The molecule has 0 aliphatic rings. The number of nitrogens with zero attached hydrogens (tertiary/aromatic N) is 1. The molecule has 2 aromatic rings. The number of allylic oxidation sites excluding steroid dienone is 1. The third-order valence-electron chi connectivity index (χ3n) is 4.27. The van der Waals surface area contributed by atoms with Gasteiger partial charge in [0.1, 0.15) is 0 Å². The van der Waals surface area contributed by atoms with Gasteiger partial charge < -0.3 is 9.67 Å². The number of benzene rings is 1. The molecule has 2 rings (SSSR count). The highest BCUT2D eigenvalue weighted by Gasteiger charge is 2.11. The van der Waals surface area contributed by atoms with E-state index in [9.17, 15) is 4.79 Å². The van der Waals surface area contributed by atoms with E-state index in [1.807, 2.05) is 13.0 Å². The van der Waals surface area contributed by atoms with E-state index >= 15 is 0 Å². The number of carbonyl (C=O) groups is 1. The largest absolute Gasteiger partial charge is 0.478 e. The molecule has 0 spiro atoms. The number of carboxylic acid groups (broad SMARTS) is 1. The number of rotatable bonds is 7. The zero-order valence-electron chi connectivity index (χ0n) is 13.7. The SMILES string of the molecule is CCCCC(CC)n1ccc2cc(/C(C)=C/C(=O)O)ccc21. The molecule has 118 valence electrons. The molecule has 1 N–H and O–H groups in total. The molecule has 0 bridgehead atoms. The molecule has 0 radical (unpaired) electrons. The minimum atomic E-state index is -0.902. The topological polar surface area (TPSA) is 42.2 Å². The number of aromatic nitrogens is 1. The normalized spacial score (nSPS) is 13.5. The number of carboxylic acids is 1. The number of fused-ring (bicyclic) bond motifs is 1. The first kappa shape index (κ1) is 16.3. The minimum Gasteiger partial charge on any atom is -0.478 e. The van der Waals surface area contributed by atoms with Crippen LogP contribution < -0.4 is 0 Å². The molecular weight excluding hydrogens is 274 g/mol. The maximum Gasteiger partial charge on any atom is 0.328 e. The van der Waals surface area contributed by atoms with E-state index in [2.05, 4.69) is 42.8 Å². The van der Waals surface area contributed by atoms with Gasteiger partial charge >= 0.3 is 5.97 Å². The van der Waals surface area contributed by atoms with Crippen molar-refractivity contribution in [2.24, 2.45) is 0 Å². The van der Waals surface area contributed by atoms with E-state index in [1.54, 1.807) is 0 Å². The van der Waals surface area contributed by atoms with Crippen molar-refractivity contribution in [3.05, 3.63) is 42.1 Å². The van der Waals surface area contributed by atoms with Gasteiger partial charge in [0.25, 0.3) is 0 Å². The van der Waals surface area contributed by atoms with Crippen LogP contribution in [0.3, 0.4) is 0 Å². The van der Waals surface area contributed by atoms with Gasteiger partial charge in [-0.2, -0.15) is 0 Å². The van der Waals surface area contributed by atoms with E-state index in [0.717, 1.165) is 17.6 Å². The summed E-state index contributed by atoms with van der Waals surface area (Å²) in [5.74, 6) is -0.902. The maximum atomic E-state index is 10.8. The van der Waals surface area contributed by atoms with E-state index in [4.69, 9.17) is 5.11 Å². The van der Waals surface area contributed by atoms with Crippen LogP contribution in [0, 0.1) is 0 Å². The Labute approximate surface area is 132 Å². The Morgan fingerprint density at radius 3 is 2.73 bits per heavy atom. The van der Waals surface area contributed by atoms with Crippen LogP contribution in [-0.4, -0.2) is 15.6 Å². The van der Waals surface area contributed by atoms with Crippen LogP contribution >= 0.6 is 0 Å². The highest BCUT2D eigenvalue weighted by atomic mass is 16.4. The second-order valence-electron chi connectivity index (χ2n) is 5.87. The molecule has 1 atom stereocenters. The molecule has 3 nitrogen and oxygen atoms in total. The van der Waals surface area contributed by atoms with Crippen molar-refractivity contribution in [2.75, 3.05) is 0 Å². The molecular formula is C19H25NO2. The highest BCUT2D eigenvalue weighted by Crippen LogP contribution is 2.28. The molecule has 1 aromatic heterocycles. The van der Waals surface area contributed by atoms with Crippen LogP contribution in [0.4, 0.5) is 0 Å². The molecule has 3 heteroatoms. The number of aliphatic carboxylic acids is 1. The van der Waals surface area contributed by atoms with Crippen LogP contribution in [0.5, 0.6) is 0 Å². The van der Waals surface area contributed by atoms with Crippen LogP contribution in [0.1, 0.15) is 58.1 Å². The summed E-state index contributed by atoms with van der Waals surface area (Å²) in [6.07, 6.45) is 8.22. The molecule has 1 heterocycles. The van der Waals surface area contributed by atoms with Gasteiger partial charge in [-0.1, -0.05) is 32.8 Å². The lowest BCUT2D eigenvalue weighted by atomic mass is 10.0. The summed E-state index contributed by atoms with van der Waals surface area (Å²) in [6, 6.07) is 8.87. The summed E-state index contributed by atoms with van der Waals surface area (Å²) >= 11 is 0. The summed E-state index contributed by atoms with van der Waals surface area (Å²) < 4.78 is 2.37. The van der Waals surface area contributed by atoms with Crippen LogP contribution in [0.15, 0.2) is 36.5 Å². The summed E-state index contributed by atoms with van der Waals surface area (Å²) in [5, 5.41) is 10.0. The predicted molar refractivity (Wildman–Crippen MR) is 92.1 cm³/mol. The molecule has 1 aromatic carbocycles. The second kappa shape index (κ2) is 7.30. The first-order valence-corrected chi connectivity index (χ1v) is 8.09. The first-order chi connectivity index (χ1) is 10.6.